The fourth-order valence-corrected chi connectivity index (χ4v) is 0.780. The van der Waals surface area contributed by atoms with Gasteiger partial charge in [0.15, 0.2) is 0 Å². The Morgan fingerprint density at radius 3 is 2.57 bits per heavy atom. The third-order valence-electron chi connectivity index (χ3n) is 1.36. The van der Waals surface area contributed by atoms with Gasteiger partial charge in [-0.05, 0) is 12.1 Å². The molecule has 0 bridgehead atoms. The molecule has 74 valence electrons. The zero-order valence-corrected chi connectivity index (χ0v) is 7.08. The molecule has 0 spiro atoms. The van der Waals surface area contributed by atoms with Crippen molar-refractivity contribution >= 4 is 5.97 Å². The van der Waals surface area contributed by atoms with Crippen LogP contribution in [0.5, 0.6) is 0 Å². The molecule has 0 saturated heterocycles. The fraction of sp³-hybridized carbons (Fsp3) is 0.125. The third-order valence-corrected chi connectivity index (χ3v) is 1.36. The normalized spacial score (nSPS) is 9.14. The number of hydrogen-bond acceptors (Lipinski definition) is 5. The van der Waals surface area contributed by atoms with Crippen molar-refractivity contribution in [3.63, 3.8) is 0 Å². The standard InChI is InChI=1S/C8H7NO5/c10-8(13-6-14-9(11)12)7-4-2-1-3-5-7/h1-5H,6H2. The first-order valence-corrected chi connectivity index (χ1v) is 3.69. The van der Waals surface area contributed by atoms with Crippen molar-refractivity contribution in [2.75, 3.05) is 6.79 Å². The van der Waals surface area contributed by atoms with E-state index >= 15 is 0 Å². The van der Waals surface area contributed by atoms with E-state index in [4.69, 9.17) is 0 Å². The van der Waals surface area contributed by atoms with Gasteiger partial charge >= 0.3 is 5.97 Å². The molecule has 0 fully saturated rings. The van der Waals surface area contributed by atoms with E-state index in [1.807, 2.05) is 0 Å². The average molecular weight is 197 g/mol. The maximum atomic E-state index is 11.1. The summed E-state index contributed by atoms with van der Waals surface area (Å²) in [4.78, 5) is 24.6. The first kappa shape index (κ1) is 9.97. The highest BCUT2D eigenvalue weighted by Crippen LogP contribution is 2.00. The number of carbonyl (C=O) groups excluding carboxylic acids is 1. The molecule has 1 rings (SSSR count). The molecule has 1 aromatic carbocycles. The molecule has 0 atom stereocenters. The number of nitrogens with zero attached hydrogens (tertiary/aromatic N) is 1. The second kappa shape index (κ2) is 4.80. The van der Waals surface area contributed by atoms with Gasteiger partial charge in [-0.25, -0.2) is 4.79 Å². The van der Waals surface area contributed by atoms with Crippen LogP contribution in [-0.2, 0) is 9.57 Å². The Hall–Kier alpha value is -2.11. The molecule has 0 amide bonds. The van der Waals surface area contributed by atoms with E-state index in [0.29, 0.717) is 5.56 Å². The van der Waals surface area contributed by atoms with Gasteiger partial charge in [0.1, 0.15) is 0 Å². The lowest BCUT2D eigenvalue weighted by Crippen LogP contribution is -2.11. The lowest BCUT2D eigenvalue weighted by atomic mass is 10.2. The Morgan fingerprint density at radius 1 is 1.36 bits per heavy atom. The number of benzene rings is 1. The molecule has 0 aromatic heterocycles. The summed E-state index contributed by atoms with van der Waals surface area (Å²) in [5.41, 5.74) is 0.319. The van der Waals surface area contributed by atoms with E-state index in [-0.39, 0.29) is 0 Å². The molecule has 0 N–H and O–H groups in total. The molecular formula is C8H7NO5. The molecule has 0 saturated carbocycles. The number of hydrogen-bond donors (Lipinski definition) is 0. The molecule has 0 aliphatic carbocycles. The monoisotopic (exact) mass is 197 g/mol. The first-order chi connectivity index (χ1) is 6.70. The highest BCUT2D eigenvalue weighted by Gasteiger charge is 2.06. The Labute approximate surface area is 79.2 Å². The molecular weight excluding hydrogens is 190 g/mol. The van der Waals surface area contributed by atoms with Gasteiger partial charge in [-0.2, -0.15) is 0 Å². The van der Waals surface area contributed by atoms with Gasteiger partial charge in [0, 0.05) is 0 Å². The van der Waals surface area contributed by atoms with Crippen LogP contribution in [0.3, 0.4) is 0 Å². The van der Waals surface area contributed by atoms with E-state index in [0.717, 1.165) is 0 Å². The van der Waals surface area contributed by atoms with Crippen molar-refractivity contribution in [2.45, 2.75) is 0 Å². The van der Waals surface area contributed by atoms with Crippen LogP contribution >= 0.6 is 0 Å². The number of esters is 1. The molecule has 6 heteroatoms. The number of ether oxygens (including phenoxy) is 1. The minimum atomic E-state index is -1.03. The van der Waals surface area contributed by atoms with Crippen LogP contribution in [0.4, 0.5) is 0 Å². The lowest BCUT2D eigenvalue weighted by molar-refractivity contribution is -0.765. The molecule has 0 unspecified atom stereocenters. The van der Waals surface area contributed by atoms with E-state index < -0.39 is 17.8 Å². The summed E-state index contributed by atoms with van der Waals surface area (Å²) in [5, 5.41) is 8.68. The summed E-state index contributed by atoms with van der Waals surface area (Å²) in [6.45, 7) is -0.694. The quantitative estimate of drug-likeness (QED) is 0.311. The minimum Gasteiger partial charge on any atom is -0.434 e. The van der Waals surface area contributed by atoms with Crippen molar-refractivity contribution in [2.24, 2.45) is 0 Å². The maximum Gasteiger partial charge on any atom is 0.340 e. The summed E-state index contributed by atoms with van der Waals surface area (Å²) in [7, 11) is 0. The molecule has 6 nitrogen and oxygen atoms in total. The maximum absolute atomic E-state index is 11.1. The summed E-state index contributed by atoms with van der Waals surface area (Å²) in [6, 6.07) is 8.13. The topological polar surface area (TPSA) is 78.7 Å². The van der Waals surface area contributed by atoms with Gasteiger partial charge in [-0.15, -0.1) is 10.1 Å². The second-order valence-electron chi connectivity index (χ2n) is 2.27. The van der Waals surface area contributed by atoms with Crippen molar-refractivity contribution in [3.8, 4) is 0 Å². The van der Waals surface area contributed by atoms with Crippen LogP contribution in [0.2, 0.25) is 0 Å². The summed E-state index contributed by atoms with van der Waals surface area (Å²) in [6.07, 6.45) is 0. The van der Waals surface area contributed by atoms with Gasteiger partial charge in [-0.3, -0.25) is 4.84 Å². The van der Waals surface area contributed by atoms with Gasteiger partial charge < -0.3 is 4.74 Å². The van der Waals surface area contributed by atoms with E-state index in [9.17, 15) is 14.9 Å². The first-order valence-electron chi connectivity index (χ1n) is 3.69. The zero-order chi connectivity index (χ0) is 10.4. The zero-order valence-electron chi connectivity index (χ0n) is 7.08. The lowest BCUT2D eigenvalue weighted by Gasteiger charge is -2.01. The highest BCUT2D eigenvalue weighted by molar-refractivity contribution is 5.89. The Morgan fingerprint density at radius 2 is 2.00 bits per heavy atom. The average Bonchev–Trinajstić information content (AvgIpc) is 2.18. The Balaban J connectivity index is 2.40. The number of carbonyl (C=O) groups is 1. The van der Waals surface area contributed by atoms with Crippen molar-refractivity contribution < 1.29 is 19.5 Å². The van der Waals surface area contributed by atoms with E-state index in [1.165, 1.54) is 12.1 Å². The van der Waals surface area contributed by atoms with Gasteiger partial charge in [0.25, 0.3) is 5.09 Å². The SMILES string of the molecule is O=C(OCO[N+](=O)[O-])c1ccccc1. The van der Waals surface area contributed by atoms with E-state index in [1.54, 1.807) is 18.2 Å². The van der Waals surface area contributed by atoms with Crippen LogP contribution in [0, 0.1) is 10.1 Å². The van der Waals surface area contributed by atoms with Crippen molar-refractivity contribution in [1.29, 1.82) is 0 Å². The van der Waals surface area contributed by atoms with Crippen LogP contribution < -0.4 is 0 Å². The molecule has 1 aromatic rings. The van der Waals surface area contributed by atoms with Crippen LogP contribution in [0.25, 0.3) is 0 Å². The second-order valence-corrected chi connectivity index (χ2v) is 2.27. The minimum absolute atomic E-state index is 0.319. The van der Waals surface area contributed by atoms with Crippen LogP contribution in [0.15, 0.2) is 30.3 Å². The fourth-order valence-electron chi connectivity index (χ4n) is 0.780. The smallest absolute Gasteiger partial charge is 0.340 e. The van der Waals surface area contributed by atoms with Crippen molar-refractivity contribution in [1.82, 2.24) is 0 Å². The van der Waals surface area contributed by atoms with Crippen molar-refractivity contribution in [3.05, 3.63) is 46.0 Å². The Kier molecular flexibility index (Phi) is 3.42. The molecule has 0 aliphatic rings. The highest BCUT2D eigenvalue weighted by atomic mass is 17.0. The third kappa shape index (κ3) is 3.10. The molecule has 0 aliphatic heterocycles. The van der Waals surface area contributed by atoms with Gasteiger partial charge in [0.05, 0.1) is 5.56 Å². The van der Waals surface area contributed by atoms with Gasteiger partial charge in [-0.1, -0.05) is 18.2 Å². The predicted octanol–water partition coefficient (Wildman–Crippen LogP) is 1.01. The molecule has 14 heavy (non-hydrogen) atoms. The number of rotatable bonds is 4. The summed E-state index contributed by atoms with van der Waals surface area (Å²) in [5.74, 6) is -0.660. The largest absolute Gasteiger partial charge is 0.434 e. The summed E-state index contributed by atoms with van der Waals surface area (Å²) >= 11 is 0. The molecule has 0 radical (unpaired) electrons. The molecule has 0 heterocycles. The summed E-state index contributed by atoms with van der Waals surface area (Å²) < 4.78 is 4.44. The van der Waals surface area contributed by atoms with Crippen LogP contribution in [-0.4, -0.2) is 17.8 Å². The van der Waals surface area contributed by atoms with E-state index in [2.05, 4.69) is 9.57 Å². The van der Waals surface area contributed by atoms with Crippen LogP contribution in [0.1, 0.15) is 10.4 Å². The van der Waals surface area contributed by atoms with Gasteiger partial charge in [0.2, 0.25) is 6.79 Å². The Bertz CT molecular complexity index is 324. The predicted molar refractivity (Wildman–Crippen MR) is 44.8 cm³/mol.